The second-order valence-electron chi connectivity index (χ2n) is 3.44. The van der Waals surface area contributed by atoms with Crippen molar-refractivity contribution in [2.45, 2.75) is 33.1 Å². The Morgan fingerprint density at radius 3 is 2.62 bits per heavy atom. The number of hydrogen-bond acceptors (Lipinski definition) is 1. The van der Waals surface area contributed by atoms with E-state index in [1.807, 2.05) is 19.1 Å². The summed E-state index contributed by atoms with van der Waals surface area (Å²) in [5, 5.41) is 0. The van der Waals surface area contributed by atoms with Gasteiger partial charge in [0, 0.05) is 5.92 Å². The normalized spacial score (nSPS) is 12.5. The highest BCUT2D eigenvalue weighted by atomic mass is 16.1. The van der Waals surface area contributed by atoms with Crippen LogP contribution in [-0.4, -0.2) is 6.29 Å². The maximum absolute atomic E-state index is 10.8. The van der Waals surface area contributed by atoms with Crippen LogP contribution in [0.15, 0.2) is 18.2 Å². The fourth-order valence-electron chi connectivity index (χ4n) is 1.56. The van der Waals surface area contributed by atoms with Crippen LogP contribution in [0.3, 0.4) is 0 Å². The van der Waals surface area contributed by atoms with Crippen LogP contribution >= 0.6 is 0 Å². The van der Waals surface area contributed by atoms with Crippen molar-refractivity contribution < 1.29 is 4.79 Å². The Hall–Kier alpha value is -1.11. The number of aldehydes is 1. The lowest BCUT2D eigenvalue weighted by Crippen LogP contribution is -2.01. The molecule has 1 unspecified atom stereocenters. The quantitative estimate of drug-likeness (QED) is 0.647. The number of rotatable bonds is 3. The molecule has 0 N–H and O–H groups in total. The number of carbonyl (C=O) groups is 1. The van der Waals surface area contributed by atoms with Gasteiger partial charge in [0.1, 0.15) is 6.29 Å². The lowest BCUT2D eigenvalue weighted by atomic mass is 9.92. The Labute approximate surface area is 79.8 Å². The highest BCUT2D eigenvalue weighted by Gasteiger charge is 2.10. The van der Waals surface area contributed by atoms with Crippen molar-refractivity contribution in [3.8, 4) is 0 Å². The molecule has 1 heteroatoms. The second-order valence-corrected chi connectivity index (χ2v) is 3.44. The summed E-state index contributed by atoms with van der Waals surface area (Å²) in [4.78, 5) is 10.8. The molecule has 0 saturated carbocycles. The minimum Gasteiger partial charge on any atom is -0.303 e. The zero-order valence-corrected chi connectivity index (χ0v) is 8.50. The predicted molar refractivity (Wildman–Crippen MR) is 55.0 cm³/mol. The summed E-state index contributed by atoms with van der Waals surface area (Å²) in [6, 6.07) is 6.14. The van der Waals surface area contributed by atoms with Crippen molar-refractivity contribution in [3.05, 3.63) is 34.9 Å². The van der Waals surface area contributed by atoms with Gasteiger partial charge in [0.15, 0.2) is 0 Å². The molecule has 70 valence electrons. The summed E-state index contributed by atoms with van der Waals surface area (Å²) in [5.41, 5.74) is 3.69. The Bertz CT molecular complexity index is 302. The van der Waals surface area contributed by atoms with Gasteiger partial charge in [-0.3, -0.25) is 0 Å². The van der Waals surface area contributed by atoms with Crippen molar-refractivity contribution >= 4 is 6.29 Å². The first-order valence-electron chi connectivity index (χ1n) is 4.72. The van der Waals surface area contributed by atoms with E-state index in [4.69, 9.17) is 0 Å². The van der Waals surface area contributed by atoms with E-state index in [1.165, 1.54) is 16.7 Å². The standard InChI is InChI=1S/C12H16O/c1-4-11(8-13)12-7-5-6-9(2)10(12)3/h5-8,11H,4H2,1-3H3. The van der Waals surface area contributed by atoms with Crippen molar-refractivity contribution in [2.75, 3.05) is 0 Å². The molecule has 0 fully saturated rings. The van der Waals surface area contributed by atoms with Crippen LogP contribution in [-0.2, 0) is 4.79 Å². The topological polar surface area (TPSA) is 17.1 Å². The summed E-state index contributed by atoms with van der Waals surface area (Å²) < 4.78 is 0. The van der Waals surface area contributed by atoms with E-state index < -0.39 is 0 Å². The van der Waals surface area contributed by atoms with Gasteiger partial charge in [0.2, 0.25) is 0 Å². The molecule has 1 nitrogen and oxygen atoms in total. The summed E-state index contributed by atoms with van der Waals surface area (Å²) in [6.45, 7) is 6.20. The molecule has 0 aliphatic rings. The first kappa shape index (κ1) is 9.97. The van der Waals surface area contributed by atoms with Crippen LogP contribution in [0.5, 0.6) is 0 Å². The van der Waals surface area contributed by atoms with Gasteiger partial charge >= 0.3 is 0 Å². The molecule has 0 bridgehead atoms. The van der Waals surface area contributed by atoms with Crippen LogP contribution in [0.4, 0.5) is 0 Å². The van der Waals surface area contributed by atoms with Gasteiger partial charge in [0.05, 0.1) is 0 Å². The largest absolute Gasteiger partial charge is 0.303 e. The lowest BCUT2D eigenvalue weighted by molar-refractivity contribution is -0.109. The van der Waals surface area contributed by atoms with Gasteiger partial charge in [0.25, 0.3) is 0 Å². The molecular formula is C12H16O. The minimum absolute atomic E-state index is 0.0694. The molecule has 0 amide bonds. The SMILES string of the molecule is CCC(C=O)c1cccc(C)c1C. The van der Waals surface area contributed by atoms with E-state index in [0.717, 1.165) is 12.7 Å². The Morgan fingerprint density at radius 1 is 1.38 bits per heavy atom. The summed E-state index contributed by atoms with van der Waals surface area (Å²) in [5.74, 6) is 0.0694. The van der Waals surface area contributed by atoms with E-state index in [1.54, 1.807) is 0 Å². The summed E-state index contributed by atoms with van der Waals surface area (Å²) >= 11 is 0. The molecule has 13 heavy (non-hydrogen) atoms. The van der Waals surface area contributed by atoms with E-state index in [2.05, 4.69) is 19.9 Å². The first-order chi connectivity index (χ1) is 6.20. The van der Waals surface area contributed by atoms with Crippen molar-refractivity contribution in [3.63, 3.8) is 0 Å². The highest BCUT2D eigenvalue weighted by Crippen LogP contribution is 2.22. The monoisotopic (exact) mass is 176 g/mol. The molecule has 1 aromatic rings. The van der Waals surface area contributed by atoms with E-state index in [0.29, 0.717) is 0 Å². The van der Waals surface area contributed by atoms with Gasteiger partial charge in [-0.05, 0) is 37.0 Å². The Balaban J connectivity index is 3.13. The van der Waals surface area contributed by atoms with Crippen LogP contribution < -0.4 is 0 Å². The van der Waals surface area contributed by atoms with Gasteiger partial charge in [-0.15, -0.1) is 0 Å². The van der Waals surface area contributed by atoms with Gasteiger partial charge in [-0.2, -0.15) is 0 Å². The molecule has 1 aromatic carbocycles. The van der Waals surface area contributed by atoms with Crippen LogP contribution in [0, 0.1) is 13.8 Å². The zero-order chi connectivity index (χ0) is 9.84. The average molecular weight is 176 g/mol. The summed E-state index contributed by atoms with van der Waals surface area (Å²) in [7, 11) is 0. The molecule has 1 rings (SSSR count). The number of benzene rings is 1. The lowest BCUT2D eigenvalue weighted by Gasteiger charge is -2.12. The maximum atomic E-state index is 10.8. The van der Waals surface area contributed by atoms with Crippen LogP contribution in [0.1, 0.15) is 36.0 Å². The molecule has 0 radical (unpaired) electrons. The fourth-order valence-corrected chi connectivity index (χ4v) is 1.56. The fraction of sp³-hybridized carbons (Fsp3) is 0.417. The molecule has 0 aromatic heterocycles. The first-order valence-corrected chi connectivity index (χ1v) is 4.72. The van der Waals surface area contributed by atoms with Crippen molar-refractivity contribution in [1.82, 2.24) is 0 Å². The van der Waals surface area contributed by atoms with Gasteiger partial charge < -0.3 is 4.79 Å². The van der Waals surface area contributed by atoms with Gasteiger partial charge in [-0.25, -0.2) is 0 Å². The third kappa shape index (κ3) is 1.97. The number of carbonyl (C=O) groups excluding carboxylic acids is 1. The number of aryl methyl sites for hydroxylation is 1. The van der Waals surface area contributed by atoms with E-state index in [9.17, 15) is 4.79 Å². The van der Waals surface area contributed by atoms with Crippen LogP contribution in [0.2, 0.25) is 0 Å². The van der Waals surface area contributed by atoms with Crippen molar-refractivity contribution in [1.29, 1.82) is 0 Å². The van der Waals surface area contributed by atoms with E-state index >= 15 is 0 Å². The predicted octanol–water partition coefficient (Wildman–Crippen LogP) is 3.00. The molecule has 0 aliphatic heterocycles. The summed E-state index contributed by atoms with van der Waals surface area (Å²) in [6.07, 6.45) is 1.93. The van der Waals surface area contributed by atoms with Crippen molar-refractivity contribution in [2.24, 2.45) is 0 Å². The van der Waals surface area contributed by atoms with E-state index in [-0.39, 0.29) is 5.92 Å². The molecule has 0 heterocycles. The smallest absolute Gasteiger partial charge is 0.127 e. The molecular weight excluding hydrogens is 160 g/mol. The Morgan fingerprint density at radius 2 is 2.08 bits per heavy atom. The van der Waals surface area contributed by atoms with Gasteiger partial charge in [-0.1, -0.05) is 25.1 Å². The highest BCUT2D eigenvalue weighted by molar-refractivity contribution is 5.63. The second kappa shape index (κ2) is 4.22. The third-order valence-electron chi connectivity index (χ3n) is 2.65. The number of hydrogen-bond donors (Lipinski definition) is 0. The molecule has 0 saturated heterocycles. The molecule has 0 spiro atoms. The minimum atomic E-state index is 0.0694. The average Bonchev–Trinajstić information content (AvgIpc) is 2.14. The molecule has 0 aliphatic carbocycles. The zero-order valence-electron chi connectivity index (χ0n) is 8.50. The third-order valence-corrected chi connectivity index (χ3v) is 2.65. The Kier molecular flexibility index (Phi) is 3.24. The van der Waals surface area contributed by atoms with Crippen LogP contribution in [0.25, 0.3) is 0 Å². The molecule has 1 atom stereocenters. The maximum Gasteiger partial charge on any atom is 0.127 e.